The van der Waals surface area contributed by atoms with Crippen LogP contribution in [-0.4, -0.2) is 196 Å². The van der Waals surface area contributed by atoms with Crippen LogP contribution in [0.1, 0.15) is 18.4 Å². The molecule has 14 atom stereocenters. The van der Waals surface area contributed by atoms with E-state index in [-0.39, 0.29) is 41.1 Å². The van der Waals surface area contributed by atoms with E-state index in [4.69, 9.17) is 47.4 Å². The SMILES string of the molecule is COC(=O)C1=CO[C@@H](O[C@@H]2O[C@H](CO)[C@@H](O)[C@H](O)[C@H]2O)/C(=C/CO)[C@@H]1CC(=O)OC/C=C1/[C@H](O[C@@H]2O[C@H](CO)[C@@H](O)[C@H](O)[C@H]2O)OC=C(C(=O)OC)[C@H]1CC(=O)OCCc1ccc(O)cc1. The third kappa shape index (κ3) is 12.5. The topological polar surface area (TPSA) is 363 Å². The zero-order valence-electron chi connectivity index (χ0n) is 35.5. The van der Waals surface area contributed by atoms with Crippen LogP contribution in [0.15, 0.2) is 71.2 Å². The van der Waals surface area contributed by atoms with Crippen molar-refractivity contribution in [2.24, 2.45) is 11.8 Å². The second kappa shape index (κ2) is 24.1. The van der Waals surface area contributed by atoms with Gasteiger partial charge in [-0.05, 0) is 23.8 Å². The molecule has 0 saturated carbocycles. The highest BCUT2D eigenvalue weighted by Gasteiger charge is 2.49. The van der Waals surface area contributed by atoms with Crippen molar-refractivity contribution in [2.45, 2.75) is 93.3 Å². The number of phenolic OH excluding ortho intramolecular Hbond substituents is 1. The Kier molecular flexibility index (Phi) is 19.0. The molecule has 2 fully saturated rings. The van der Waals surface area contributed by atoms with Crippen LogP contribution in [0.2, 0.25) is 0 Å². The fourth-order valence-corrected chi connectivity index (χ4v) is 7.39. The number of aliphatic hydroxyl groups is 9. The molecule has 5 rings (SSSR count). The average Bonchev–Trinajstić information content (AvgIpc) is 3.31. The third-order valence-corrected chi connectivity index (χ3v) is 11.0. The van der Waals surface area contributed by atoms with Gasteiger partial charge >= 0.3 is 23.9 Å². The van der Waals surface area contributed by atoms with Crippen LogP contribution in [-0.2, 0) is 73.0 Å². The molecule has 1 aromatic carbocycles. The largest absolute Gasteiger partial charge is 0.508 e. The predicted octanol–water partition coefficient (Wildman–Crippen LogP) is -3.66. The number of phenols is 1. The van der Waals surface area contributed by atoms with Crippen molar-refractivity contribution in [2.75, 3.05) is 47.3 Å². The molecule has 4 aliphatic heterocycles. The average molecular weight is 943 g/mol. The Morgan fingerprint density at radius 1 is 0.621 bits per heavy atom. The molecular weight excluding hydrogens is 888 g/mol. The van der Waals surface area contributed by atoms with Gasteiger partial charge in [-0.15, -0.1) is 0 Å². The molecule has 66 heavy (non-hydrogen) atoms. The molecule has 0 spiro atoms. The maximum atomic E-state index is 13.7. The molecule has 4 aliphatic rings. The Hall–Kier alpha value is -5.06. The van der Waals surface area contributed by atoms with Gasteiger partial charge in [0.25, 0.3) is 0 Å². The van der Waals surface area contributed by atoms with Crippen molar-refractivity contribution in [3.8, 4) is 5.75 Å². The van der Waals surface area contributed by atoms with Gasteiger partial charge in [0, 0.05) is 29.4 Å². The van der Waals surface area contributed by atoms with Crippen LogP contribution < -0.4 is 0 Å². The van der Waals surface area contributed by atoms with Crippen LogP contribution in [0.4, 0.5) is 0 Å². The number of ether oxygens (including phenoxy) is 10. The monoisotopic (exact) mass is 942 g/mol. The fraction of sp³-hybridized carbons (Fsp3) is 0.571. The Bertz CT molecular complexity index is 1940. The normalized spacial score (nSPS) is 33.4. The molecule has 0 aromatic heterocycles. The van der Waals surface area contributed by atoms with E-state index in [9.17, 15) is 70.2 Å². The maximum absolute atomic E-state index is 13.7. The molecule has 0 amide bonds. The lowest BCUT2D eigenvalue weighted by Crippen LogP contribution is -2.60. The van der Waals surface area contributed by atoms with Gasteiger partial charge in [0.1, 0.15) is 61.2 Å². The number of benzene rings is 1. The Morgan fingerprint density at radius 3 is 1.52 bits per heavy atom. The van der Waals surface area contributed by atoms with Crippen LogP contribution in [0.5, 0.6) is 5.75 Å². The summed E-state index contributed by atoms with van der Waals surface area (Å²) in [6.07, 6.45) is -17.5. The van der Waals surface area contributed by atoms with Crippen molar-refractivity contribution in [1.82, 2.24) is 0 Å². The number of carbonyl (C=O) groups is 4. The molecule has 0 radical (unpaired) electrons. The van der Waals surface area contributed by atoms with Crippen molar-refractivity contribution in [3.05, 3.63) is 76.8 Å². The number of aromatic hydroxyl groups is 1. The summed E-state index contributed by atoms with van der Waals surface area (Å²) < 4.78 is 54.5. The van der Waals surface area contributed by atoms with Gasteiger partial charge < -0.3 is 98.4 Å². The molecule has 0 unspecified atom stereocenters. The first-order valence-corrected chi connectivity index (χ1v) is 20.5. The zero-order valence-corrected chi connectivity index (χ0v) is 35.5. The van der Waals surface area contributed by atoms with E-state index >= 15 is 0 Å². The highest BCUT2D eigenvalue weighted by molar-refractivity contribution is 5.91. The van der Waals surface area contributed by atoms with E-state index in [2.05, 4.69) is 0 Å². The molecule has 24 nitrogen and oxygen atoms in total. The molecule has 2 saturated heterocycles. The number of carbonyl (C=O) groups excluding carboxylic acids is 4. The summed E-state index contributed by atoms with van der Waals surface area (Å²) in [5.74, 6) is -6.38. The summed E-state index contributed by atoms with van der Waals surface area (Å²) >= 11 is 0. The molecule has 0 bridgehead atoms. The van der Waals surface area contributed by atoms with Gasteiger partial charge in [0.15, 0.2) is 12.6 Å². The quantitative estimate of drug-likeness (QED) is 0.0385. The number of aliphatic hydroxyl groups excluding tert-OH is 9. The minimum atomic E-state index is -1.93. The highest BCUT2D eigenvalue weighted by atomic mass is 16.8. The third-order valence-electron chi connectivity index (χ3n) is 11.0. The number of methoxy groups -OCH3 is 2. The van der Waals surface area contributed by atoms with Crippen LogP contribution in [0.3, 0.4) is 0 Å². The second-order valence-corrected chi connectivity index (χ2v) is 15.2. The van der Waals surface area contributed by atoms with Gasteiger partial charge in [0.2, 0.25) is 12.6 Å². The first kappa shape index (κ1) is 51.9. The second-order valence-electron chi connectivity index (χ2n) is 15.2. The van der Waals surface area contributed by atoms with Crippen LogP contribution >= 0.6 is 0 Å². The molecule has 1 aromatic rings. The minimum Gasteiger partial charge on any atom is -0.508 e. The van der Waals surface area contributed by atoms with E-state index in [1.165, 1.54) is 18.2 Å². The van der Waals surface area contributed by atoms with E-state index in [0.29, 0.717) is 0 Å². The lowest BCUT2D eigenvalue weighted by molar-refractivity contribution is -0.328. The lowest BCUT2D eigenvalue weighted by atomic mass is 9.86. The molecular formula is C42H54O24. The summed E-state index contributed by atoms with van der Waals surface area (Å²) in [5, 5.41) is 101. The number of hydrogen-bond acceptors (Lipinski definition) is 24. The van der Waals surface area contributed by atoms with E-state index in [1.807, 2.05) is 0 Å². The first-order valence-electron chi connectivity index (χ1n) is 20.5. The first-order chi connectivity index (χ1) is 31.6. The highest BCUT2D eigenvalue weighted by Crippen LogP contribution is 2.38. The summed E-state index contributed by atoms with van der Waals surface area (Å²) in [4.78, 5) is 53.0. The smallest absolute Gasteiger partial charge is 0.337 e. The number of esters is 4. The van der Waals surface area contributed by atoms with Crippen molar-refractivity contribution in [1.29, 1.82) is 0 Å². The van der Waals surface area contributed by atoms with Gasteiger partial charge in [-0.1, -0.05) is 18.2 Å². The molecule has 0 aliphatic carbocycles. The molecule has 4 heterocycles. The van der Waals surface area contributed by atoms with Crippen molar-refractivity contribution >= 4 is 23.9 Å². The van der Waals surface area contributed by atoms with Gasteiger partial charge in [-0.25, -0.2) is 9.59 Å². The predicted molar refractivity (Wildman–Crippen MR) is 213 cm³/mol. The van der Waals surface area contributed by atoms with Crippen molar-refractivity contribution < 1.29 is 118 Å². The van der Waals surface area contributed by atoms with Gasteiger partial charge in [0.05, 0.1) is 77.2 Å². The Morgan fingerprint density at radius 2 is 1.08 bits per heavy atom. The van der Waals surface area contributed by atoms with Crippen LogP contribution in [0, 0.1) is 11.8 Å². The summed E-state index contributed by atoms with van der Waals surface area (Å²) in [7, 11) is 2.11. The fourth-order valence-electron chi connectivity index (χ4n) is 7.39. The van der Waals surface area contributed by atoms with E-state index in [1.54, 1.807) is 12.1 Å². The zero-order chi connectivity index (χ0) is 48.2. The number of hydrogen-bond donors (Lipinski definition) is 10. The summed E-state index contributed by atoms with van der Waals surface area (Å²) in [6, 6.07) is 6.15. The molecule has 10 N–H and O–H groups in total. The molecule has 366 valence electrons. The van der Waals surface area contributed by atoms with E-state index < -0.39 is 149 Å². The summed E-state index contributed by atoms with van der Waals surface area (Å²) in [5.41, 5.74) is 0.0413. The standard InChI is InChI=1S/C42H54O24/c1-57-37(55)25-17-61-39(65-41-35(53)33(51)31(49)27(15-44)63-41)21(7-10-43)23(25)13-30(48)60-12-9-22-24(14-29(47)59-11-8-19-3-5-20(46)6-4-19)26(38(56)58-2)18-62-40(22)66-42-36(54)34(52)32(50)28(16-45)64-42/h3-7,9,17-18,23-24,27-28,31-36,39-46,49-54H,8,10-16H2,1-2H3/b21-7+,22-9+/t23-,24-,27+,28+,31+,32+,33-,34-,35+,36+,39-,40-,41-,42-/m0/s1. The van der Waals surface area contributed by atoms with Gasteiger partial charge in [-0.2, -0.15) is 0 Å². The minimum absolute atomic E-state index is 0.0332. The van der Waals surface area contributed by atoms with Crippen LogP contribution in [0.25, 0.3) is 0 Å². The Balaban J connectivity index is 1.40. The summed E-state index contributed by atoms with van der Waals surface area (Å²) in [6.45, 7) is -3.09. The Labute approximate surface area is 376 Å². The maximum Gasteiger partial charge on any atom is 0.337 e. The lowest BCUT2D eigenvalue weighted by Gasteiger charge is -2.42. The molecule has 24 heteroatoms. The number of rotatable bonds is 18. The van der Waals surface area contributed by atoms with E-state index in [0.717, 1.165) is 38.4 Å². The van der Waals surface area contributed by atoms with Gasteiger partial charge in [-0.3, -0.25) is 9.59 Å². The van der Waals surface area contributed by atoms with Crippen molar-refractivity contribution in [3.63, 3.8) is 0 Å².